The topological polar surface area (TPSA) is 152 Å². The Labute approximate surface area is 374 Å². The Morgan fingerprint density at radius 2 is 0.954 bits per heavy atom. The van der Waals surface area contributed by atoms with Crippen LogP contribution in [0.25, 0.3) is 21.8 Å². The van der Waals surface area contributed by atoms with E-state index < -0.39 is 35.5 Å². The number of carbonyl (C=O) groups excluding carboxylic acids is 4. The van der Waals surface area contributed by atoms with E-state index in [1.54, 1.807) is 48.5 Å². The first-order valence-corrected chi connectivity index (χ1v) is 21.2. The van der Waals surface area contributed by atoms with Gasteiger partial charge >= 0.3 is 23.9 Å². The van der Waals surface area contributed by atoms with Crippen molar-refractivity contribution in [3.05, 3.63) is 157 Å². The van der Waals surface area contributed by atoms with Crippen molar-refractivity contribution in [1.29, 1.82) is 5.41 Å². The quantitative estimate of drug-likeness (QED) is 0.0164. The molecule has 0 radical (unpaired) electrons. The van der Waals surface area contributed by atoms with Gasteiger partial charge in [0.15, 0.2) is 0 Å². The molecular weight excluding hydrogens is 839 g/mol. The summed E-state index contributed by atoms with van der Waals surface area (Å²) in [4.78, 5) is 49.3. The molecule has 1 heterocycles. The van der Waals surface area contributed by atoms with Crippen LogP contribution in [-0.4, -0.2) is 60.7 Å². The highest BCUT2D eigenvalue weighted by atomic mass is 19.1. The number of halogens is 2. The average molecular weight is 887 g/mol. The number of rotatable bonds is 23. The summed E-state index contributed by atoms with van der Waals surface area (Å²) >= 11 is 0. The fraction of sp³-hybridized carbons (Fsp3) is 0.235. The Kier molecular flexibility index (Phi) is 16.7. The lowest BCUT2D eigenvalue weighted by Gasteiger charge is -2.16. The van der Waals surface area contributed by atoms with Crippen LogP contribution in [0.5, 0.6) is 23.0 Å². The molecule has 12 nitrogen and oxygen atoms in total. The van der Waals surface area contributed by atoms with E-state index in [1.165, 1.54) is 59.2 Å². The van der Waals surface area contributed by atoms with E-state index >= 15 is 0 Å². The summed E-state index contributed by atoms with van der Waals surface area (Å²) in [7, 11) is 0. The van der Waals surface area contributed by atoms with E-state index in [0.29, 0.717) is 48.7 Å². The highest BCUT2D eigenvalue weighted by molar-refractivity contribution is 6.17. The second kappa shape index (κ2) is 23.2. The van der Waals surface area contributed by atoms with E-state index in [0.717, 1.165) is 63.5 Å². The molecule has 14 heteroatoms. The van der Waals surface area contributed by atoms with E-state index in [1.807, 2.05) is 0 Å². The second-order valence-corrected chi connectivity index (χ2v) is 14.8. The molecule has 336 valence electrons. The number of benzene rings is 5. The van der Waals surface area contributed by atoms with Crippen molar-refractivity contribution < 1.29 is 56.4 Å². The van der Waals surface area contributed by atoms with Gasteiger partial charge in [-0.3, -0.25) is 9.98 Å². The first kappa shape index (κ1) is 46.9. The van der Waals surface area contributed by atoms with Crippen LogP contribution in [0.3, 0.4) is 0 Å². The molecular formula is C51H48F2N2O10. The van der Waals surface area contributed by atoms with E-state index in [9.17, 15) is 33.4 Å². The maximum atomic E-state index is 14.8. The van der Waals surface area contributed by atoms with Gasteiger partial charge in [0.05, 0.1) is 54.2 Å². The molecule has 0 aliphatic rings. The van der Waals surface area contributed by atoms with Gasteiger partial charge in [-0.25, -0.2) is 28.0 Å². The summed E-state index contributed by atoms with van der Waals surface area (Å²) in [5.41, 5.74) is 0.887. The van der Waals surface area contributed by atoms with Crippen molar-refractivity contribution >= 4 is 51.5 Å². The Morgan fingerprint density at radius 1 is 0.523 bits per heavy atom. The van der Waals surface area contributed by atoms with E-state index in [4.69, 9.17) is 28.4 Å². The molecule has 0 unspecified atom stereocenters. The Balaban J connectivity index is 1.15. The molecule has 0 atom stereocenters. The van der Waals surface area contributed by atoms with Crippen molar-refractivity contribution in [2.24, 2.45) is 0 Å². The van der Waals surface area contributed by atoms with Gasteiger partial charge in [0.2, 0.25) is 0 Å². The number of nitrogens with one attached hydrogen (secondary N) is 1. The fourth-order valence-corrected chi connectivity index (χ4v) is 6.83. The van der Waals surface area contributed by atoms with E-state index in [-0.39, 0.29) is 45.1 Å². The number of carbonyl (C=O) groups is 4. The first-order chi connectivity index (χ1) is 31.5. The molecule has 0 amide bonds. The number of aromatic nitrogens is 1. The van der Waals surface area contributed by atoms with Gasteiger partial charge in [0.25, 0.3) is 0 Å². The van der Waals surface area contributed by atoms with Crippen molar-refractivity contribution in [3.63, 3.8) is 0 Å². The van der Waals surface area contributed by atoms with Gasteiger partial charge in [-0.2, -0.15) is 0 Å². The summed E-state index contributed by atoms with van der Waals surface area (Å²) in [6.07, 6.45) is 8.76. The van der Waals surface area contributed by atoms with Gasteiger partial charge in [0, 0.05) is 22.9 Å². The number of esters is 4. The normalized spacial score (nSPS) is 10.9. The smallest absolute Gasteiger partial charge is 0.343 e. The van der Waals surface area contributed by atoms with Crippen LogP contribution in [-0.2, 0) is 19.1 Å². The number of ether oxygens (including phenoxy) is 6. The third-order valence-corrected chi connectivity index (χ3v) is 10.2. The molecule has 6 aromatic rings. The summed E-state index contributed by atoms with van der Waals surface area (Å²) in [6.45, 7) is 8.30. The number of fused-ring (bicyclic) bond motifs is 3. The molecule has 0 saturated heterocycles. The fourth-order valence-electron chi connectivity index (χ4n) is 6.83. The third-order valence-electron chi connectivity index (χ3n) is 10.2. The predicted molar refractivity (Wildman–Crippen MR) is 241 cm³/mol. The summed E-state index contributed by atoms with van der Waals surface area (Å²) in [6, 6.07) is 25.0. The van der Waals surface area contributed by atoms with Crippen LogP contribution in [0, 0.1) is 17.0 Å². The predicted octanol–water partition coefficient (Wildman–Crippen LogP) is 10.7. The molecule has 0 spiro atoms. The number of unbranched alkanes of at least 4 members (excludes halogenated alkanes) is 6. The van der Waals surface area contributed by atoms with Gasteiger partial charge in [0.1, 0.15) is 40.5 Å². The summed E-state index contributed by atoms with van der Waals surface area (Å²) < 4.78 is 64.1. The highest BCUT2D eigenvalue weighted by Crippen LogP contribution is 2.34. The van der Waals surface area contributed by atoms with Crippen LogP contribution in [0.2, 0.25) is 0 Å². The Hall–Kier alpha value is -7.61. The first-order valence-electron chi connectivity index (χ1n) is 21.2. The lowest BCUT2D eigenvalue weighted by atomic mass is 10.1. The zero-order chi connectivity index (χ0) is 46.1. The Bertz CT molecular complexity index is 2620. The zero-order valence-corrected chi connectivity index (χ0v) is 35.7. The lowest BCUT2D eigenvalue weighted by Crippen LogP contribution is -2.17. The van der Waals surface area contributed by atoms with Crippen molar-refractivity contribution in [2.75, 3.05) is 26.4 Å². The van der Waals surface area contributed by atoms with Crippen LogP contribution in [0.4, 0.5) is 8.78 Å². The minimum Gasteiger partial charge on any atom is -0.494 e. The maximum Gasteiger partial charge on any atom is 0.343 e. The van der Waals surface area contributed by atoms with Crippen molar-refractivity contribution in [1.82, 2.24) is 4.57 Å². The monoisotopic (exact) mass is 886 g/mol. The van der Waals surface area contributed by atoms with Gasteiger partial charge in [-0.05, 0) is 154 Å². The lowest BCUT2D eigenvalue weighted by molar-refractivity contribution is -0.138. The molecule has 1 N–H and O–H groups in total. The number of nitrogens with zero attached hydrogens (tertiary/aromatic N) is 1. The molecule has 65 heavy (non-hydrogen) atoms. The minimum absolute atomic E-state index is 0.00453. The van der Waals surface area contributed by atoms with Crippen LogP contribution in [0.15, 0.2) is 128 Å². The molecule has 0 saturated carbocycles. The van der Waals surface area contributed by atoms with Crippen LogP contribution in [0.1, 0.15) is 77.6 Å². The van der Waals surface area contributed by atoms with Gasteiger partial charge < -0.3 is 28.4 Å². The standard InChI is InChI=1S/C51H48F2N2O10/c1-3-47(56)62-29-11-7-5-9-27-60-38-19-13-34(14-20-38)50(58)64-40-23-26-46(65-51(59)35-15-21-39(22-16-35)61-28-10-6-8-12-30-63-48(57)4-2)43(33-40)49(54)55-44-31-36(52)17-24-41(44)42-25-18-37(53)32-45(42)55/h3-4,13-26,31-33,54H,1-2,5-12,27-30H2. The second-order valence-electron chi connectivity index (χ2n) is 14.8. The molecule has 0 aliphatic carbocycles. The number of hydrogen-bond acceptors (Lipinski definition) is 11. The highest BCUT2D eigenvalue weighted by Gasteiger charge is 2.23. The number of hydrogen-bond donors (Lipinski definition) is 1. The largest absolute Gasteiger partial charge is 0.494 e. The summed E-state index contributed by atoms with van der Waals surface area (Å²) in [5.74, 6) is -2.84. The van der Waals surface area contributed by atoms with Gasteiger partial charge in [-0.15, -0.1) is 0 Å². The molecule has 6 rings (SSSR count). The van der Waals surface area contributed by atoms with E-state index in [2.05, 4.69) is 13.2 Å². The Morgan fingerprint density at radius 3 is 1.42 bits per heavy atom. The maximum absolute atomic E-state index is 14.8. The molecule has 1 aromatic heterocycles. The van der Waals surface area contributed by atoms with Crippen LogP contribution >= 0.6 is 0 Å². The molecule has 0 bridgehead atoms. The van der Waals surface area contributed by atoms with Crippen molar-refractivity contribution in [3.8, 4) is 23.0 Å². The van der Waals surface area contributed by atoms with Crippen LogP contribution < -0.4 is 18.9 Å². The van der Waals surface area contributed by atoms with Gasteiger partial charge in [-0.1, -0.05) is 13.2 Å². The van der Waals surface area contributed by atoms with Crippen molar-refractivity contribution in [2.45, 2.75) is 51.4 Å². The zero-order valence-electron chi connectivity index (χ0n) is 35.7. The SMILES string of the molecule is C=CC(=O)OCCCCCCOc1ccc(C(=O)Oc2ccc(OC(=O)c3ccc(OCCCCCCOC(=O)C=C)cc3)c(C(=N)n3c4cc(F)ccc4c4ccc(F)cc43)c2)cc1. The molecule has 5 aromatic carbocycles. The average Bonchev–Trinajstić information content (AvgIpc) is 3.63. The minimum atomic E-state index is -0.763. The molecule has 0 fully saturated rings. The summed E-state index contributed by atoms with van der Waals surface area (Å²) in [5, 5.41) is 10.6. The molecule has 0 aliphatic heterocycles. The third kappa shape index (κ3) is 13.0.